The molecule has 326 valence electrons. The number of amides is 4. The second kappa shape index (κ2) is 18.8. The van der Waals surface area contributed by atoms with Gasteiger partial charge in [0.1, 0.15) is 0 Å². The number of hydrogen-bond donors (Lipinski definition) is 0. The molecule has 6 heteroatoms. The van der Waals surface area contributed by atoms with E-state index in [1.54, 1.807) is 9.80 Å². The molecule has 4 amide bonds. The average Bonchev–Trinajstić information content (AvgIpc) is 3.84. The molecule has 0 spiro atoms. The van der Waals surface area contributed by atoms with Gasteiger partial charge in [-0.25, -0.2) is 0 Å². The zero-order valence-corrected chi connectivity index (χ0v) is 37.6. The molecule has 3 aliphatic carbocycles. The molecule has 9 rings (SSSR count). The highest BCUT2D eigenvalue weighted by atomic mass is 16.2. The Morgan fingerprint density at radius 3 is 1.16 bits per heavy atom. The normalized spacial score (nSPS) is 18.6. The van der Waals surface area contributed by atoms with Crippen molar-refractivity contribution in [2.24, 2.45) is 0 Å². The van der Waals surface area contributed by atoms with Crippen LogP contribution in [0.25, 0.3) is 35.4 Å². The van der Waals surface area contributed by atoms with Gasteiger partial charge < -0.3 is 0 Å². The summed E-state index contributed by atoms with van der Waals surface area (Å²) in [6.45, 7) is 4.56. The minimum atomic E-state index is -0.141. The van der Waals surface area contributed by atoms with Crippen LogP contribution in [0.3, 0.4) is 0 Å². The van der Waals surface area contributed by atoms with Gasteiger partial charge in [-0.05, 0) is 107 Å². The number of hydrogen-bond acceptors (Lipinski definition) is 4. The third kappa shape index (κ3) is 8.31. The summed E-state index contributed by atoms with van der Waals surface area (Å²) >= 11 is 0. The van der Waals surface area contributed by atoms with Gasteiger partial charge in [0.15, 0.2) is 0 Å². The summed E-state index contributed by atoms with van der Waals surface area (Å²) in [7, 11) is 0. The zero-order valence-electron chi connectivity index (χ0n) is 37.6. The van der Waals surface area contributed by atoms with Crippen LogP contribution in [0.2, 0.25) is 0 Å². The molecule has 6 nitrogen and oxygen atoms in total. The van der Waals surface area contributed by atoms with Crippen molar-refractivity contribution in [3.8, 4) is 11.1 Å². The van der Waals surface area contributed by atoms with E-state index in [9.17, 15) is 19.2 Å². The fourth-order valence-electron chi connectivity index (χ4n) is 11.6. The summed E-state index contributed by atoms with van der Waals surface area (Å²) in [6.07, 6.45) is 30.6. The van der Waals surface area contributed by atoms with Gasteiger partial charge in [-0.2, -0.15) is 0 Å². The van der Waals surface area contributed by atoms with Crippen molar-refractivity contribution in [3.63, 3.8) is 0 Å². The SMILES string of the molecule is CCCCCCC1(CCCCCC)c2cc(/C=C/c3ccc4c(c3)C(=O)N(C3CCCCC3)C4=O)ccc2-c2ccc(/C=C/c3ccc4c(c3)C(=O)N(C3CCCCC3)C4=O)cc21. The third-order valence-corrected chi connectivity index (χ3v) is 15.0. The first-order valence-electron chi connectivity index (χ1n) is 24.5. The second-order valence-corrected chi connectivity index (χ2v) is 19.1. The molecule has 2 saturated carbocycles. The smallest absolute Gasteiger partial charge is 0.261 e. The molecule has 0 bridgehead atoms. The summed E-state index contributed by atoms with van der Waals surface area (Å²) in [5.74, 6) is -0.556. The van der Waals surface area contributed by atoms with E-state index in [0.29, 0.717) is 22.3 Å². The number of fused-ring (bicyclic) bond motifs is 5. The van der Waals surface area contributed by atoms with Crippen LogP contribution in [-0.4, -0.2) is 45.5 Å². The van der Waals surface area contributed by atoms with Crippen molar-refractivity contribution >= 4 is 47.9 Å². The summed E-state index contributed by atoms with van der Waals surface area (Å²) in [4.78, 5) is 57.1. The van der Waals surface area contributed by atoms with Crippen LogP contribution < -0.4 is 0 Å². The second-order valence-electron chi connectivity index (χ2n) is 19.1. The number of nitrogens with zero attached hydrogens (tertiary/aromatic N) is 2. The van der Waals surface area contributed by atoms with Crippen molar-refractivity contribution < 1.29 is 19.2 Å². The van der Waals surface area contributed by atoms with Crippen LogP contribution in [-0.2, 0) is 5.41 Å². The topological polar surface area (TPSA) is 74.8 Å². The molecule has 2 heterocycles. The molecular weight excluding hydrogens is 777 g/mol. The third-order valence-electron chi connectivity index (χ3n) is 15.0. The number of rotatable bonds is 16. The lowest BCUT2D eigenvalue weighted by Gasteiger charge is -2.33. The van der Waals surface area contributed by atoms with E-state index in [-0.39, 0.29) is 41.1 Å². The lowest BCUT2D eigenvalue weighted by Crippen LogP contribution is -2.40. The van der Waals surface area contributed by atoms with Gasteiger partial charge >= 0.3 is 0 Å². The first-order valence-corrected chi connectivity index (χ1v) is 24.5. The van der Waals surface area contributed by atoms with Crippen LogP contribution in [0, 0.1) is 0 Å². The van der Waals surface area contributed by atoms with Gasteiger partial charge in [0, 0.05) is 17.5 Å². The van der Waals surface area contributed by atoms with Crippen molar-refractivity contribution in [1.29, 1.82) is 0 Å². The fraction of sp³-hybridized carbons (Fsp3) is 0.439. The number of benzene rings is 4. The predicted octanol–water partition coefficient (Wildman–Crippen LogP) is 14.1. The molecule has 0 aromatic heterocycles. The van der Waals surface area contributed by atoms with Crippen molar-refractivity contribution in [2.75, 3.05) is 0 Å². The van der Waals surface area contributed by atoms with Gasteiger partial charge in [-0.1, -0.05) is 177 Å². The largest absolute Gasteiger partial charge is 0.271 e. The van der Waals surface area contributed by atoms with E-state index < -0.39 is 0 Å². The van der Waals surface area contributed by atoms with E-state index in [1.807, 2.05) is 36.4 Å². The highest BCUT2D eigenvalue weighted by molar-refractivity contribution is 6.22. The van der Waals surface area contributed by atoms with E-state index >= 15 is 0 Å². The van der Waals surface area contributed by atoms with E-state index in [0.717, 1.165) is 86.5 Å². The molecule has 0 saturated heterocycles. The molecule has 0 atom stereocenters. The number of unbranched alkanes of at least 4 members (excludes halogenated alkanes) is 6. The summed E-state index contributed by atoms with van der Waals surface area (Å²) in [6, 6.07) is 25.4. The van der Waals surface area contributed by atoms with Crippen LogP contribution >= 0.6 is 0 Å². The maximum absolute atomic E-state index is 13.6. The van der Waals surface area contributed by atoms with Gasteiger partial charge in [-0.15, -0.1) is 0 Å². The zero-order chi connectivity index (χ0) is 43.5. The van der Waals surface area contributed by atoms with E-state index in [2.05, 4.69) is 74.5 Å². The van der Waals surface area contributed by atoms with Gasteiger partial charge in [-0.3, -0.25) is 29.0 Å². The minimum Gasteiger partial charge on any atom is -0.271 e. The Hall–Kier alpha value is -5.36. The molecule has 0 N–H and O–H groups in total. The van der Waals surface area contributed by atoms with Crippen molar-refractivity contribution in [1.82, 2.24) is 9.80 Å². The summed E-state index contributed by atoms with van der Waals surface area (Å²) < 4.78 is 0. The van der Waals surface area contributed by atoms with Crippen LogP contribution in [0.15, 0.2) is 72.8 Å². The Balaban J connectivity index is 1.01. The Morgan fingerprint density at radius 2 is 0.778 bits per heavy atom. The van der Waals surface area contributed by atoms with Crippen molar-refractivity contribution in [3.05, 3.63) is 128 Å². The Kier molecular flexibility index (Phi) is 12.8. The maximum atomic E-state index is 13.6. The van der Waals surface area contributed by atoms with E-state index in [1.165, 1.54) is 86.5 Å². The first-order chi connectivity index (χ1) is 30.8. The number of carbonyl (C=O) groups is 4. The van der Waals surface area contributed by atoms with E-state index in [4.69, 9.17) is 0 Å². The number of imide groups is 2. The quantitative estimate of drug-likeness (QED) is 0.0640. The lowest BCUT2D eigenvalue weighted by molar-refractivity contribution is 0.0533. The summed E-state index contributed by atoms with van der Waals surface area (Å²) in [5.41, 5.74) is 11.6. The maximum Gasteiger partial charge on any atom is 0.261 e. The summed E-state index contributed by atoms with van der Waals surface area (Å²) in [5, 5.41) is 0. The lowest BCUT2D eigenvalue weighted by atomic mass is 9.70. The Morgan fingerprint density at radius 1 is 0.429 bits per heavy atom. The monoisotopic (exact) mass is 840 g/mol. The highest BCUT2D eigenvalue weighted by Gasteiger charge is 2.44. The molecule has 63 heavy (non-hydrogen) atoms. The molecule has 2 fully saturated rings. The average molecular weight is 841 g/mol. The molecule has 5 aliphatic rings. The first kappa shape index (κ1) is 42.9. The van der Waals surface area contributed by atoms with Crippen LogP contribution in [0.5, 0.6) is 0 Å². The Bertz CT molecular complexity index is 2290. The molecular formula is C57H64N2O4. The molecule has 2 aliphatic heterocycles. The molecule has 0 unspecified atom stereocenters. The highest BCUT2D eigenvalue weighted by Crippen LogP contribution is 2.55. The van der Waals surface area contributed by atoms with Crippen LogP contribution in [0.1, 0.15) is 217 Å². The molecule has 4 aromatic carbocycles. The van der Waals surface area contributed by atoms with Gasteiger partial charge in [0.25, 0.3) is 23.6 Å². The standard InChI is InChI=1S/C57H64N2O4/c1-3-5-7-15-33-57(34-16-8-6-4-2)51-37-41(23-21-39-27-31-47-49(35-39)55(62)58(53(47)60)43-17-11-9-12-18-43)25-29-45(51)46-30-26-42(38-52(46)57)24-22-40-28-32-48-50(36-40)56(63)59(54(48)61)44-19-13-10-14-20-44/h21-32,35-38,43-44H,3-20,33-34H2,1-2H3/b23-21+,24-22+. The minimum absolute atomic E-state index is 0.0128. The van der Waals surface area contributed by atoms with Crippen LogP contribution in [0.4, 0.5) is 0 Å². The van der Waals surface area contributed by atoms with Gasteiger partial charge in [0.05, 0.1) is 22.3 Å². The predicted molar refractivity (Wildman–Crippen MR) is 256 cm³/mol. The van der Waals surface area contributed by atoms with Gasteiger partial charge in [0.2, 0.25) is 0 Å². The van der Waals surface area contributed by atoms with Crippen molar-refractivity contribution in [2.45, 2.75) is 160 Å². The molecule has 0 radical (unpaired) electrons. The number of carbonyl (C=O) groups excluding carboxylic acids is 4. The Labute approximate surface area is 374 Å². The fourth-order valence-corrected chi connectivity index (χ4v) is 11.6. The molecule has 4 aromatic rings.